The van der Waals surface area contributed by atoms with E-state index in [1.165, 1.54) is 12.4 Å². The van der Waals surface area contributed by atoms with Gasteiger partial charge in [0.25, 0.3) is 11.8 Å². The zero-order valence-corrected chi connectivity index (χ0v) is 28.8. The molecular weight excluding hydrogens is 644 g/mol. The fourth-order valence-electron chi connectivity index (χ4n) is 5.60. The minimum absolute atomic E-state index is 0.0477. The van der Waals surface area contributed by atoms with E-state index in [9.17, 15) is 24.3 Å². The maximum absolute atomic E-state index is 14.1. The standard InChI is InChI=1S/C40H42N6O5/c1-40(2,3)46-37(49)30-15-9-7-14-28(30)24-35(47)33(23-26-11-5-4-6-12-26)44-39(51)34(25-36(48)42-29-19-21-41-22-20-29)45-38(50)32-18-17-27-13-8-10-16-31(27)43-32/h4-22,33-35,47H,23-25H2,1-3H3,(H,44,51)(H,45,50)(H,46,49)(H,41,42,48)/t33-,34-,35+/m0/s1. The van der Waals surface area contributed by atoms with Crippen LogP contribution in [0, 0.1) is 0 Å². The number of hydrogen-bond donors (Lipinski definition) is 5. The van der Waals surface area contributed by atoms with E-state index in [0.717, 1.165) is 10.9 Å². The molecule has 0 saturated heterocycles. The van der Waals surface area contributed by atoms with Crippen LogP contribution in [0.5, 0.6) is 0 Å². The third kappa shape index (κ3) is 10.5. The van der Waals surface area contributed by atoms with E-state index >= 15 is 0 Å². The largest absolute Gasteiger partial charge is 0.391 e. The number of amides is 4. The van der Waals surface area contributed by atoms with Crippen molar-refractivity contribution in [2.75, 3.05) is 5.32 Å². The first-order valence-electron chi connectivity index (χ1n) is 16.7. The number of anilines is 1. The first kappa shape index (κ1) is 36.3. The molecule has 5 rings (SSSR count). The molecule has 0 unspecified atom stereocenters. The number of hydrogen-bond acceptors (Lipinski definition) is 7. The summed E-state index contributed by atoms with van der Waals surface area (Å²) in [5.41, 5.74) is 2.54. The molecule has 0 fully saturated rings. The number of carbonyl (C=O) groups excluding carboxylic acids is 4. The Bertz CT molecular complexity index is 1980. The average Bonchev–Trinajstić information content (AvgIpc) is 3.11. The Hall–Kier alpha value is -5.94. The molecule has 5 aromatic rings. The lowest BCUT2D eigenvalue weighted by atomic mass is 9.93. The zero-order valence-electron chi connectivity index (χ0n) is 28.8. The van der Waals surface area contributed by atoms with Gasteiger partial charge in [-0.25, -0.2) is 4.98 Å². The Labute approximate surface area is 296 Å². The van der Waals surface area contributed by atoms with Crippen LogP contribution in [0.2, 0.25) is 0 Å². The van der Waals surface area contributed by atoms with Gasteiger partial charge in [-0.2, -0.15) is 0 Å². The molecule has 0 radical (unpaired) electrons. The van der Waals surface area contributed by atoms with Crippen LogP contribution in [0.15, 0.2) is 116 Å². The molecule has 11 nitrogen and oxygen atoms in total. The van der Waals surface area contributed by atoms with E-state index < -0.39 is 47.9 Å². The van der Waals surface area contributed by atoms with Gasteiger partial charge in [-0.3, -0.25) is 24.2 Å². The number of nitrogens with zero attached hydrogens (tertiary/aromatic N) is 2. The minimum atomic E-state index is -1.33. The van der Waals surface area contributed by atoms with Gasteiger partial charge < -0.3 is 26.4 Å². The SMILES string of the molecule is CC(C)(C)NC(=O)c1ccccc1C[C@@H](O)[C@H](Cc1ccccc1)NC(=O)[C@H](CC(=O)Nc1ccncc1)NC(=O)c1ccc2ccccc2n1. The van der Waals surface area contributed by atoms with Crippen molar-refractivity contribution in [3.63, 3.8) is 0 Å². The van der Waals surface area contributed by atoms with Crippen LogP contribution in [0.4, 0.5) is 5.69 Å². The monoisotopic (exact) mass is 686 g/mol. The van der Waals surface area contributed by atoms with E-state index in [2.05, 4.69) is 31.2 Å². The number of fused-ring (bicyclic) bond motifs is 1. The molecule has 0 spiro atoms. The third-order valence-electron chi connectivity index (χ3n) is 8.08. The molecule has 2 aromatic heterocycles. The van der Waals surface area contributed by atoms with Crippen LogP contribution in [0.3, 0.4) is 0 Å². The van der Waals surface area contributed by atoms with Gasteiger partial charge in [0, 0.05) is 41.0 Å². The number of pyridine rings is 2. The molecule has 11 heteroatoms. The summed E-state index contributed by atoms with van der Waals surface area (Å²) >= 11 is 0. The number of aliphatic hydroxyl groups is 1. The van der Waals surface area contributed by atoms with E-state index in [-0.39, 0.29) is 24.4 Å². The predicted octanol–water partition coefficient (Wildman–Crippen LogP) is 4.62. The fourth-order valence-corrected chi connectivity index (χ4v) is 5.60. The van der Waals surface area contributed by atoms with Crippen LogP contribution in [-0.4, -0.2) is 62.4 Å². The van der Waals surface area contributed by atoms with Crippen molar-refractivity contribution in [2.45, 2.75) is 63.8 Å². The van der Waals surface area contributed by atoms with Gasteiger partial charge in [0.15, 0.2) is 0 Å². The summed E-state index contributed by atoms with van der Waals surface area (Å²) < 4.78 is 0. The van der Waals surface area contributed by atoms with Crippen molar-refractivity contribution in [3.8, 4) is 0 Å². The summed E-state index contributed by atoms with van der Waals surface area (Å²) in [6.07, 6.45) is 1.77. The molecule has 4 amide bonds. The Morgan fingerprint density at radius 3 is 2.18 bits per heavy atom. The summed E-state index contributed by atoms with van der Waals surface area (Å²) in [5, 5.41) is 23.9. The van der Waals surface area contributed by atoms with Crippen molar-refractivity contribution in [1.29, 1.82) is 0 Å². The highest BCUT2D eigenvalue weighted by atomic mass is 16.3. The summed E-state index contributed by atoms with van der Waals surface area (Å²) in [6.45, 7) is 5.66. The Balaban J connectivity index is 1.40. The second-order valence-corrected chi connectivity index (χ2v) is 13.3. The van der Waals surface area contributed by atoms with Gasteiger partial charge >= 0.3 is 0 Å². The summed E-state index contributed by atoms with van der Waals surface area (Å²) in [7, 11) is 0. The highest BCUT2D eigenvalue weighted by Gasteiger charge is 2.30. The topological polar surface area (TPSA) is 162 Å². The van der Waals surface area contributed by atoms with Crippen molar-refractivity contribution in [2.24, 2.45) is 0 Å². The van der Waals surface area contributed by atoms with Crippen LogP contribution < -0.4 is 21.3 Å². The maximum Gasteiger partial charge on any atom is 0.270 e. The van der Waals surface area contributed by atoms with Gasteiger partial charge in [-0.15, -0.1) is 0 Å². The van der Waals surface area contributed by atoms with Gasteiger partial charge in [0.1, 0.15) is 11.7 Å². The number of carbonyl (C=O) groups is 4. The predicted molar refractivity (Wildman–Crippen MR) is 196 cm³/mol. The average molecular weight is 687 g/mol. The molecule has 2 heterocycles. The lowest BCUT2D eigenvalue weighted by Gasteiger charge is -2.28. The van der Waals surface area contributed by atoms with Gasteiger partial charge in [-0.1, -0.05) is 72.8 Å². The quantitative estimate of drug-likeness (QED) is 0.121. The summed E-state index contributed by atoms with van der Waals surface area (Å²) in [6, 6.07) is 28.0. The van der Waals surface area contributed by atoms with Crippen LogP contribution in [0.25, 0.3) is 10.9 Å². The highest BCUT2D eigenvalue weighted by Crippen LogP contribution is 2.18. The first-order chi connectivity index (χ1) is 24.4. The Morgan fingerprint density at radius 1 is 0.745 bits per heavy atom. The molecule has 3 aromatic carbocycles. The molecule has 0 saturated carbocycles. The number of aromatic nitrogens is 2. The fraction of sp³-hybridized carbons (Fsp3) is 0.250. The number of nitrogens with one attached hydrogen (secondary N) is 4. The highest BCUT2D eigenvalue weighted by molar-refractivity contribution is 6.01. The molecule has 0 aliphatic rings. The number of benzene rings is 3. The Morgan fingerprint density at radius 2 is 1.43 bits per heavy atom. The van der Waals surface area contributed by atoms with E-state index in [1.807, 2.05) is 69.3 Å². The second-order valence-electron chi connectivity index (χ2n) is 13.3. The number of para-hydroxylation sites is 1. The molecular formula is C40H42N6O5. The van der Waals surface area contributed by atoms with Crippen molar-refractivity contribution in [1.82, 2.24) is 25.9 Å². The minimum Gasteiger partial charge on any atom is -0.391 e. The van der Waals surface area contributed by atoms with Crippen LogP contribution in [0.1, 0.15) is 59.2 Å². The van der Waals surface area contributed by atoms with Gasteiger partial charge in [0.2, 0.25) is 11.8 Å². The van der Waals surface area contributed by atoms with Gasteiger partial charge in [-0.05, 0) is 68.7 Å². The second kappa shape index (κ2) is 16.6. The summed E-state index contributed by atoms with van der Waals surface area (Å²) in [4.78, 5) is 62.4. The van der Waals surface area contributed by atoms with Crippen molar-refractivity contribution in [3.05, 3.63) is 138 Å². The van der Waals surface area contributed by atoms with E-state index in [4.69, 9.17) is 0 Å². The first-order valence-corrected chi connectivity index (χ1v) is 16.7. The molecule has 3 atom stereocenters. The summed E-state index contributed by atoms with van der Waals surface area (Å²) in [5.74, 6) is -2.12. The maximum atomic E-state index is 14.1. The normalized spacial score (nSPS) is 13.0. The number of rotatable bonds is 13. The Kier molecular flexibility index (Phi) is 11.9. The smallest absolute Gasteiger partial charge is 0.270 e. The molecule has 262 valence electrons. The van der Waals surface area contributed by atoms with Crippen LogP contribution in [-0.2, 0) is 22.4 Å². The number of aliphatic hydroxyl groups excluding tert-OH is 1. The van der Waals surface area contributed by atoms with Crippen LogP contribution >= 0.6 is 0 Å². The molecule has 0 bridgehead atoms. The molecule has 0 aliphatic carbocycles. The van der Waals surface area contributed by atoms with Crippen molar-refractivity contribution >= 4 is 40.2 Å². The lowest BCUT2D eigenvalue weighted by Crippen LogP contribution is -2.54. The third-order valence-corrected chi connectivity index (χ3v) is 8.08. The molecule has 5 N–H and O–H groups in total. The molecule has 51 heavy (non-hydrogen) atoms. The van der Waals surface area contributed by atoms with Crippen molar-refractivity contribution < 1.29 is 24.3 Å². The zero-order chi connectivity index (χ0) is 36.4. The lowest BCUT2D eigenvalue weighted by molar-refractivity contribution is -0.127. The van der Waals surface area contributed by atoms with E-state index in [1.54, 1.807) is 54.6 Å². The molecule has 0 aliphatic heterocycles. The van der Waals surface area contributed by atoms with Gasteiger partial charge in [0.05, 0.1) is 24.1 Å². The van der Waals surface area contributed by atoms with E-state index in [0.29, 0.717) is 22.3 Å².